The van der Waals surface area contributed by atoms with Crippen molar-refractivity contribution in [2.24, 2.45) is 5.92 Å². The van der Waals surface area contributed by atoms with Gasteiger partial charge in [-0.25, -0.2) is 8.42 Å². The van der Waals surface area contributed by atoms with Crippen LogP contribution in [0.15, 0.2) is 0 Å². The normalized spacial score (nSPS) is 19.8. The lowest BCUT2D eigenvalue weighted by molar-refractivity contribution is 0.374. The minimum atomic E-state index is -3.01. The van der Waals surface area contributed by atoms with Crippen LogP contribution in [0.2, 0.25) is 0 Å². The summed E-state index contributed by atoms with van der Waals surface area (Å²) in [5.41, 5.74) is 0. The quantitative estimate of drug-likeness (QED) is 0.748. The summed E-state index contributed by atoms with van der Waals surface area (Å²) < 4.78 is 23.0. The van der Waals surface area contributed by atoms with Gasteiger partial charge in [-0.3, -0.25) is 0 Å². The average molecular weight is 247 g/mol. The Balaban J connectivity index is 2.72. The molecule has 0 spiro atoms. The van der Waals surface area contributed by atoms with Crippen LogP contribution in [0.3, 0.4) is 0 Å². The van der Waals surface area contributed by atoms with E-state index in [1.54, 1.807) is 0 Å². The highest BCUT2D eigenvalue weighted by atomic mass is 32.2. The summed E-state index contributed by atoms with van der Waals surface area (Å²) in [5, 5.41) is 3.41. The number of hydrogen-bond acceptors (Lipinski definition) is 3. The van der Waals surface area contributed by atoms with Crippen LogP contribution in [0.4, 0.5) is 0 Å². The standard InChI is InChI=1S/C12H25NO2S/c1-5-8-13-11(9-10-6-7-10)12(2,3)16(4,14)15/h10-11,13H,5-9H2,1-4H3. The van der Waals surface area contributed by atoms with E-state index in [4.69, 9.17) is 0 Å². The van der Waals surface area contributed by atoms with Gasteiger partial charge in [0.2, 0.25) is 0 Å². The highest BCUT2D eigenvalue weighted by molar-refractivity contribution is 7.92. The zero-order valence-electron chi connectivity index (χ0n) is 10.9. The first-order valence-corrected chi connectivity index (χ1v) is 8.11. The summed E-state index contributed by atoms with van der Waals surface area (Å²) in [7, 11) is -3.01. The minimum absolute atomic E-state index is 0.0925. The third kappa shape index (κ3) is 3.45. The Hall–Kier alpha value is -0.0900. The van der Waals surface area contributed by atoms with Crippen LogP contribution in [0, 0.1) is 5.92 Å². The molecule has 3 nitrogen and oxygen atoms in total. The monoisotopic (exact) mass is 247 g/mol. The molecule has 1 rings (SSSR count). The number of sulfone groups is 1. The van der Waals surface area contributed by atoms with E-state index >= 15 is 0 Å². The second-order valence-electron chi connectivity index (χ2n) is 5.56. The van der Waals surface area contributed by atoms with E-state index in [1.165, 1.54) is 19.1 Å². The van der Waals surface area contributed by atoms with Crippen molar-refractivity contribution >= 4 is 9.84 Å². The number of nitrogens with one attached hydrogen (secondary N) is 1. The van der Waals surface area contributed by atoms with Crippen molar-refractivity contribution < 1.29 is 8.42 Å². The predicted molar refractivity (Wildman–Crippen MR) is 68.3 cm³/mol. The molecule has 1 N–H and O–H groups in total. The molecule has 16 heavy (non-hydrogen) atoms. The van der Waals surface area contributed by atoms with E-state index in [-0.39, 0.29) is 6.04 Å². The van der Waals surface area contributed by atoms with Gasteiger partial charge in [-0.1, -0.05) is 19.8 Å². The second kappa shape index (κ2) is 5.05. The van der Waals surface area contributed by atoms with E-state index < -0.39 is 14.6 Å². The SMILES string of the molecule is CCCNC(CC1CC1)C(C)(C)S(C)(=O)=O. The molecule has 96 valence electrons. The molecular weight excluding hydrogens is 222 g/mol. The second-order valence-corrected chi connectivity index (χ2v) is 8.16. The summed E-state index contributed by atoms with van der Waals surface area (Å²) in [6.45, 7) is 6.70. The maximum atomic E-state index is 11.8. The lowest BCUT2D eigenvalue weighted by atomic mass is 9.97. The highest BCUT2D eigenvalue weighted by Gasteiger charge is 2.41. The molecule has 1 fully saturated rings. The molecule has 0 bridgehead atoms. The molecule has 0 heterocycles. The Labute approximate surface area is 99.9 Å². The molecule has 1 unspecified atom stereocenters. The van der Waals surface area contributed by atoms with Crippen LogP contribution < -0.4 is 5.32 Å². The topological polar surface area (TPSA) is 46.2 Å². The first-order valence-electron chi connectivity index (χ1n) is 6.22. The third-order valence-corrected chi connectivity index (χ3v) is 5.90. The minimum Gasteiger partial charge on any atom is -0.312 e. The van der Waals surface area contributed by atoms with Crippen LogP contribution in [-0.2, 0) is 9.84 Å². The largest absolute Gasteiger partial charge is 0.312 e. The van der Waals surface area contributed by atoms with E-state index in [9.17, 15) is 8.42 Å². The van der Waals surface area contributed by atoms with E-state index in [0.29, 0.717) is 0 Å². The molecule has 1 aliphatic rings. The third-order valence-electron chi connectivity index (χ3n) is 3.70. The summed E-state index contributed by atoms with van der Waals surface area (Å²) >= 11 is 0. The molecule has 4 heteroatoms. The van der Waals surface area contributed by atoms with Gasteiger partial charge in [-0.2, -0.15) is 0 Å². The smallest absolute Gasteiger partial charge is 0.154 e. The van der Waals surface area contributed by atoms with Crippen LogP contribution in [0.1, 0.15) is 46.5 Å². The van der Waals surface area contributed by atoms with Crippen LogP contribution in [-0.4, -0.2) is 32.0 Å². The van der Waals surface area contributed by atoms with Crippen LogP contribution in [0.25, 0.3) is 0 Å². The molecule has 0 radical (unpaired) electrons. The van der Waals surface area contributed by atoms with Crippen molar-refractivity contribution in [3.63, 3.8) is 0 Å². The van der Waals surface area contributed by atoms with E-state index in [1.807, 2.05) is 13.8 Å². The van der Waals surface area contributed by atoms with Gasteiger partial charge in [0.05, 0.1) is 4.75 Å². The molecular formula is C12H25NO2S. The molecule has 0 saturated heterocycles. The molecule has 0 aromatic heterocycles. The molecule has 0 amide bonds. The summed E-state index contributed by atoms with van der Waals surface area (Å²) in [6, 6.07) is 0.0925. The molecule has 1 aliphatic carbocycles. The fourth-order valence-electron chi connectivity index (χ4n) is 1.88. The van der Waals surface area contributed by atoms with Crippen molar-refractivity contribution in [3.8, 4) is 0 Å². The van der Waals surface area contributed by atoms with Gasteiger partial charge in [0.15, 0.2) is 9.84 Å². The highest BCUT2D eigenvalue weighted by Crippen LogP contribution is 2.37. The first kappa shape index (κ1) is 14.0. The van der Waals surface area contributed by atoms with Crippen molar-refractivity contribution in [2.45, 2.75) is 57.2 Å². The van der Waals surface area contributed by atoms with Gasteiger partial charge in [0.1, 0.15) is 0 Å². The Morgan fingerprint density at radius 3 is 2.31 bits per heavy atom. The van der Waals surface area contributed by atoms with Gasteiger partial charge in [-0.05, 0) is 39.2 Å². The van der Waals surface area contributed by atoms with Crippen molar-refractivity contribution in [2.75, 3.05) is 12.8 Å². The Morgan fingerprint density at radius 2 is 1.94 bits per heavy atom. The van der Waals surface area contributed by atoms with Crippen LogP contribution >= 0.6 is 0 Å². The Morgan fingerprint density at radius 1 is 1.38 bits per heavy atom. The Kier molecular flexibility index (Phi) is 4.41. The van der Waals surface area contributed by atoms with Gasteiger partial charge in [-0.15, -0.1) is 0 Å². The molecule has 1 atom stereocenters. The lowest BCUT2D eigenvalue weighted by Crippen LogP contribution is -2.51. The van der Waals surface area contributed by atoms with Gasteiger partial charge in [0, 0.05) is 12.3 Å². The molecule has 0 aromatic rings. The maximum absolute atomic E-state index is 11.8. The number of rotatable bonds is 7. The molecule has 0 aromatic carbocycles. The zero-order valence-corrected chi connectivity index (χ0v) is 11.7. The van der Waals surface area contributed by atoms with E-state index in [0.717, 1.165) is 25.3 Å². The fraction of sp³-hybridized carbons (Fsp3) is 1.00. The molecule has 0 aliphatic heterocycles. The van der Waals surface area contributed by atoms with Gasteiger partial charge < -0.3 is 5.32 Å². The zero-order chi connectivity index (χ0) is 12.4. The first-order chi connectivity index (χ1) is 7.29. The van der Waals surface area contributed by atoms with Crippen molar-refractivity contribution in [1.82, 2.24) is 5.32 Å². The molecule has 1 saturated carbocycles. The predicted octanol–water partition coefficient (Wildman–Crippen LogP) is 1.98. The van der Waals surface area contributed by atoms with Crippen molar-refractivity contribution in [3.05, 3.63) is 0 Å². The lowest BCUT2D eigenvalue weighted by Gasteiger charge is -2.33. The van der Waals surface area contributed by atoms with Crippen molar-refractivity contribution in [1.29, 1.82) is 0 Å². The van der Waals surface area contributed by atoms with Gasteiger partial charge >= 0.3 is 0 Å². The number of hydrogen-bond donors (Lipinski definition) is 1. The Bertz CT molecular complexity index is 318. The van der Waals surface area contributed by atoms with Gasteiger partial charge in [0.25, 0.3) is 0 Å². The maximum Gasteiger partial charge on any atom is 0.154 e. The van der Waals surface area contributed by atoms with E-state index in [2.05, 4.69) is 12.2 Å². The summed E-state index contributed by atoms with van der Waals surface area (Å²) in [6.07, 6.45) is 5.93. The summed E-state index contributed by atoms with van der Waals surface area (Å²) in [4.78, 5) is 0. The fourth-order valence-corrected chi connectivity index (χ4v) is 2.57. The average Bonchev–Trinajstić information content (AvgIpc) is 2.93. The summed E-state index contributed by atoms with van der Waals surface area (Å²) in [5.74, 6) is 0.746. The van der Waals surface area contributed by atoms with Crippen LogP contribution in [0.5, 0.6) is 0 Å².